The molecular formula is C29H27N5O5S. The molecule has 204 valence electrons. The zero-order valence-electron chi connectivity index (χ0n) is 21.9. The summed E-state index contributed by atoms with van der Waals surface area (Å²) in [6, 6.07) is 20.9. The first-order valence-electron chi connectivity index (χ1n) is 12.5. The monoisotopic (exact) mass is 557 g/mol. The van der Waals surface area contributed by atoms with E-state index < -0.39 is 11.9 Å². The lowest BCUT2D eigenvalue weighted by molar-refractivity contribution is -0.126. The van der Waals surface area contributed by atoms with Crippen LogP contribution in [0.3, 0.4) is 0 Å². The number of carbonyl (C=O) groups is 3. The summed E-state index contributed by atoms with van der Waals surface area (Å²) in [4.78, 5) is 49.5. The van der Waals surface area contributed by atoms with Crippen LogP contribution in [0.1, 0.15) is 17.5 Å². The number of fused-ring (bicyclic) bond motifs is 3. The van der Waals surface area contributed by atoms with Crippen molar-refractivity contribution in [3.05, 3.63) is 83.9 Å². The van der Waals surface area contributed by atoms with E-state index in [-0.39, 0.29) is 30.5 Å². The van der Waals surface area contributed by atoms with Gasteiger partial charge in [-0.1, -0.05) is 48.2 Å². The van der Waals surface area contributed by atoms with Crippen molar-refractivity contribution >= 4 is 51.9 Å². The lowest BCUT2D eigenvalue weighted by Crippen LogP contribution is -2.46. The average Bonchev–Trinajstić information content (AvgIpc) is 3.30. The fourth-order valence-corrected chi connectivity index (χ4v) is 5.27. The molecule has 0 saturated carbocycles. The maximum Gasteiger partial charge on any atom is 0.271 e. The van der Waals surface area contributed by atoms with Crippen LogP contribution in [0, 0.1) is 0 Å². The molecule has 3 aromatic carbocycles. The first-order valence-corrected chi connectivity index (χ1v) is 13.5. The quantitative estimate of drug-likeness (QED) is 0.411. The molecule has 2 N–H and O–H groups in total. The molecule has 2 heterocycles. The number of anilines is 1. The van der Waals surface area contributed by atoms with Crippen LogP contribution in [-0.4, -0.2) is 59.6 Å². The number of amidine groups is 2. The molecule has 0 aliphatic carbocycles. The Balaban J connectivity index is 1.30. The molecule has 2 aliphatic rings. The minimum absolute atomic E-state index is 0.0307. The van der Waals surface area contributed by atoms with Gasteiger partial charge in [0.2, 0.25) is 11.8 Å². The Morgan fingerprint density at radius 1 is 0.950 bits per heavy atom. The zero-order valence-corrected chi connectivity index (χ0v) is 22.7. The molecule has 0 spiro atoms. The number of methoxy groups -OCH3 is 2. The maximum atomic E-state index is 13.1. The highest BCUT2D eigenvalue weighted by molar-refractivity contribution is 8.14. The lowest BCUT2D eigenvalue weighted by Gasteiger charge is -2.30. The van der Waals surface area contributed by atoms with E-state index in [1.165, 1.54) is 11.8 Å². The topological polar surface area (TPSA) is 122 Å². The van der Waals surface area contributed by atoms with E-state index >= 15 is 0 Å². The van der Waals surface area contributed by atoms with E-state index in [1.807, 2.05) is 48.5 Å². The summed E-state index contributed by atoms with van der Waals surface area (Å²) >= 11 is 1.17. The third kappa shape index (κ3) is 5.84. The number of carbonyl (C=O) groups excluding carboxylic acids is 3. The average molecular weight is 558 g/mol. The molecule has 0 radical (unpaired) electrons. The van der Waals surface area contributed by atoms with Gasteiger partial charge in [-0.05, 0) is 30.3 Å². The molecule has 5 rings (SSSR count). The smallest absolute Gasteiger partial charge is 0.271 e. The predicted octanol–water partition coefficient (Wildman–Crippen LogP) is 3.74. The highest BCUT2D eigenvalue weighted by Gasteiger charge is 2.42. The van der Waals surface area contributed by atoms with Crippen LogP contribution >= 0.6 is 11.8 Å². The molecule has 10 nitrogen and oxygen atoms in total. The van der Waals surface area contributed by atoms with Crippen molar-refractivity contribution in [2.75, 3.05) is 25.3 Å². The van der Waals surface area contributed by atoms with Gasteiger partial charge in [0.15, 0.2) is 5.17 Å². The number of hydrogen-bond donors (Lipinski definition) is 2. The third-order valence-electron chi connectivity index (χ3n) is 6.34. The number of amides is 3. The molecule has 3 amide bonds. The second-order valence-electron chi connectivity index (χ2n) is 8.93. The molecule has 0 bridgehead atoms. The molecule has 1 unspecified atom stereocenters. The molecule has 1 atom stereocenters. The van der Waals surface area contributed by atoms with Crippen LogP contribution in [0.25, 0.3) is 0 Å². The third-order valence-corrected chi connectivity index (χ3v) is 7.29. The van der Waals surface area contributed by atoms with Gasteiger partial charge in [-0.15, -0.1) is 0 Å². The van der Waals surface area contributed by atoms with E-state index in [0.29, 0.717) is 39.4 Å². The van der Waals surface area contributed by atoms with Gasteiger partial charge >= 0.3 is 0 Å². The van der Waals surface area contributed by atoms with Crippen molar-refractivity contribution in [2.45, 2.75) is 19.0 Å². The highest BCUT2D eigenvalue weighted by atomic mass is 32.2. The largest absolute Gasteiger partial charge is 0.497 e. The van der Waals surface area contributed by atoms with E-state index in [2.05, 4.69) is 15.6 Å². The van der Waals surface area contributed by atoms with Gasteiger partial charge < -0.3 is 20.1 Å². The Hall–Kier alpha value is -4.64. The van der Waals surface area contributed by atoms with Gasteiger partial charge in [0.25, 0.3) is 5.91 Å². The van der Waals surface area contributed by atoms with Crippen LogP contribution in [0.15, 0.2) is 82.8 Å². The minimum atomic E-state index is -0.881. The molecule has 40 heavy (non-hydrogen) atoms. The number of hydrogen-bond acceptors (Lipinski definition) is 8. The van der Waals surface area contributed by atoms with Crippen LogP contribution < -0.4 is 20.1 Å². The zero-order chi connectivity index (χ0) is 28.1. The number of aliphatic imine (C=N–C) groups is 2. The Morgan fingerprint density at radius 2 is 1.75 bits per heavy atom. The molecule has 2 aliphatic heterocycles. The molecule has 0 saturated heterocycles. The van der Waals surface area contributed by atoms with Crippen molar-refractivity contribution in [3.63, 3.8) is 0 Å². The van der Waals surface area contributed by atoms with Crippen LogP contribution in [0.2, 0.25) is 0 Å². The fraction of sp³-hybridized carbons (Fsp3) is 0.207. The van der Waals surface area contributed by atoms with Crippen LogP contribution in [0.5, 0.6) is 11.5 Å². The standard InChI is InChI=1S/C29H27N5O5S/c1-38-20-10-7-9-19(14-20)31-26(36)17-40-29-32-22-12-5-4-11-21(22)27-33-28(37)23(34(27)29)15-25(35)30-16-18-8-3-6-13-24(18)39-2/h3-14,23H,15-17H2,1-2H3,(H,30,35)(H,31,36). The molecule has 11 heteroatoms. The highest BCUT2D eigenvalue weighted by Crippen LogP contribution is 2.35. The summed E-state index contributed by atoms with van der Waals surface area (Å²) in [6.45, 7) is 0.250. The first-order chi connectivity index (χ1) is 19.5. The van der Waals surface area contributed by atoms with Crippen molar-refractivity contribution < 1.29 is 23.9 Å². The second kappa shape index (κ2) is 12.0. The van der Waals surface area contributed by atoms with Gasteiger partial charge in [-0.25, -0.2) is 4.99 Å². The summed E-state index contributed by atoms with van der Waals surface area (Å²) in [5.41, 5.74) is 2.75. The predicted molar refractivity (Wildman–Crippen MR) is 154 cm³/mol. The number of nitrogens with zero attached hydrogens (tertiary/aromatic N) is 3. The Morgan fingerprint density at radius 3 is 2.58 bits per heavy atom. The van der Waals surface area contributed by atoms with Crippen LogP contribution in [-0.2, 0) is 20.9 Å². The van der Waals surface area contributed by atoms with Gasteiger partial charge in [0.1, 0.15) is 23.4 Å². The molecular weight excluding hydrogens is 530 g/mol. The number of rotatable bonds is 9. The molecule has 0 aromatic heterocycles. The van der Waals surface area contributed by atoms with E-state index in [1.54, 1.807) is 43.4 Å². The van der Waals surface area contributed by atoms with E-state index in [9.17, 15) is 14.4 Å². The summed E-state index contributed by atoms with van der Waals surface area (Å²) in [5, 5.41) is 6.13. The van der Waals surface area contributed by atoms with Gasteiger partial charge in [-0.2, -0.15) is 4.99 Å². The van der Waals surface area contributed by atoms with E-state index in [0.717, 1.165) is 5.56 Å². The van der Waals surface area contributed by atoms with Crippen molar-refractivity contribution in [2.24, 2.45) is 9.98 Å². The number of para-hydroxylation sites is 2. The SMILES string of the molecule is COc1cccc(NC(=O)CSC2=Nc3ccccc3C3=NC(=O)C(CC(=O)NCc4ccccc4OC)N23)c1. The van der Waals surface area contributed by atoms with Crippen LogP contribution in [0.4, 0.5) is 11.4 Å². The molecule has 3 aromatic rings. The maximum absolute atomic E-state index is 13.1. The number of benzene rings is 3. The van der Waals surface area contributed by atoms with Gasteiger partial charge in [0, 0.05) is 29.4 Å². The first kappa shape index (κ1) is 26.9. The van der Waals surface area contributed by atoms with E-state index in [4.69, 9.17) is 14.5 Å². The van der Waals surface area contributed by atoms with Gasteiger partial charge in [0.05, 0.1) is 32.1 Å². The van der Waals surface area contributed by atoms with Gasteiger partial charge in [-0.3, -0.25) is 19.3 Å². The van der Waals surface area contributed by atoms with Crippen molar-refractivity contribution in [3.8, 4) is 11.5 Å². The summed E-state index contributed by atoms with van der Waals surface area (Å²) in [5.74, 6) is 0.734. The molecule has 0 fully saturated rings. The van der Waals surface area contributed by atoms with Crippen molar-refractivity contribution in [1.82, 2.24) is 10.2 Å². The lowest BCUT2D eigenvalue weighted by atomic mass is 10.1. The summed E-state index contributed by atoms with van der Waals surface area (Å²) < 4.78 is 10.6. The summed E-state index contributed by atoms with van der Waals surface area (Å²) in [6.07, 6.45) is -0.126. The van der Waals surface area contributed by atoms with Crippen molar-refractivity contribution in [1.29, 1.82) is 0 Å². The number of thioether (sulfide) groups is 1. The summed E-state index contributed by atoms with van der Waals surface area (Å²) in [7, 11) is 3.13. The Bertz CT molecular complexity index is 1520. The Labute approximate surface area is 235 Å². The second-order valence-corrected chi connectivity index (χ2v) is 9.87. The number of ether oxygens (including phenoxy) is 2. The fourth-order valence-electron chi connectivity index (χ4n) is 4.42. The minimum Gasteiger partial charge on any atom is -0.497 e. The normalized spacial score (nSPS) is 15.4. The number of nitrogens with one attached hydrogen (secondary N) is 2. The Kier molecular flexibility index (Phi) is 8.11.